The first-order chi connectivity index (χ1) is 6.56. The molecule has 1 aromatic rings. The summed E-state index contributed by atoms with van der Waals surface area (Å²) in [6.45, 7) is 3.23. The van der Waals surface area contributed by atoms with E-state index in [1.54, 1.807) is 6.92 Å². The van der Waals surface area contributed by atoms with Gasteiger partial charge >= 0.3 is 0 Å². The number of methoxy groups -OCH3 is 1. The van der Waals surface area contributed by atoms with Crippen LogP contribution in [-0.4, -0.2) is 23.6 Å². The molecule has 0 saturated heterocycles. The van der Waals surface area contributed by atoms with Crippen molar-refractivity contribution in [3.63, 3.8) is 0 Å². The van der Waals surface area contributed by atoms with Gasteiger partial charge in [-0.1, -0.05) is 0 Å². The van der Waals surface area contributed by atoms with E-state index in [4.69, 9.17) is 19.7 Å². The first-order valence-electron chi connectivity index (χ1n) is 4.03. The number of hydrogen-bond acceptors (Lipinski definition) is 4. The normalized spacial score (nSPS) is 8.50. The van der Waals surface area contributed by atoms with Gasteiger partial charge in [0, 0.05) is 6.07 Å². The topological polar surface area (TPSA) is 66.8 Å². The number of aldehydes is 1. The Bertz CT molecular complexity index is 307. The summed E-state index contributed by atoms with van der Waals surface area (Å²) in [5.41, 5.74) is 0.794. The van der Waals surface area contributed by atoms with Crippen LogP contribution in [0, 0.1) is 6.92 Å². The molecule has 0 atom stereocenters. The molecule has 0 radical (unpaired) electrons. The van der Waals surface area contributed by atoms with Gasteiger partial charge in [-0.05, 0) is 25.5 Å². The average molecular weight is 198 g/mol. The molecule has 1 rings (SSSR count). The van der Waals surface area contributed by atoms with E-state index in [-0.39, 0.29) is 11.5 Å². The molecule has 0 amide bonds. The molecule has 0 fully saturated rings. The van der Waals surface area contributed by atoms with Crippen LogP contribution in [0.4, 0.5) is 0 Å². The van der Waals surface area contributed by atoms with Gasteiger partial charge in [0.1, 0.15) is 12.0 Å². The van der Waals surface area contributed by atoms with Crippen LogP contribution in [0.5, 0.6) is 17.2 Å². The second kappa shape index (κ2) is 5.85. The fourth-order valence-corrected chi connectivity index (χ4v) is 0.882. The van der Waals surface area contributed by atoms with Gasteiger partial charge in [0.2, 0.25) is 0 Å². The summed E-state index contributed by atoms with van der Waals surface area (Å²) in [5, 5.41) is 18.0. The quantitative estimate of drug-likeness (QED) is 0.531. The van der Waals surface area contributed by atoms with Crippen LogP contribution < -0.4 is 4.74 Å². The lowest BCUT2D eigenvalue weighted by Gasteiger charge is -2.05. The third-order valence-corrected chi connectivity index (χ3v) is 1.49. The van der Waals surface area contributed by atoms with Crippen molar-refractivity contribution in [2.45, 2.75) is 13.8 Å². The monoisotopic (exact) mass is 198 g/mol. The van der Waals surface area contributed by atoms with Gasteiger partial charge in [0.25, 0.3) is 0 Å². The Morgan fingerprint density at radius 3 is 2.14 bits per heavy atom. The zero-order chi connectivity index (χ0) is 11.1. The van der Waals surface area contributed by atoms with Gasteiger partial charge in [0.15, 0.2) is 11.5 Å². The van der Waals surface area contributed by atoms with Crippen LogP contribution in [0.15, 0.2) is 12.1 Å². The first kappa shape index (κ1) is 12.3. The van der Waals surface area contributed by atoms with Gasteiger partial charge in [-0.3, -0.25) is 0 Å². The molecule has 1 aromatic carbocycles. The van der Waals surface area contributed by atoms with Crippen LogP contribution in [0.25, 0.3) is 0 Å². The average Bonchev–Trinajstić information content (AvgIpc) is 2.12. The molecule has 0 saturated carbocycles. The molecule has 78 valence electrons. The van der Waals surface area contributed by atoms with Crippen molar-refractivity contribution in [2.24, 2.45) is 0 Å². The van der Waals surface area contributed by atoms with Crippen molar-refractivity contribution >= 4 is 6.29 Å². The molecule has 0 bridgehead atoms. The van der Waals surface area contributed by atoms with Gasteiger partial charge < -0.3 is 19.7 Å². The van der Waals surface area contributed by atoms with Crippen molar-refractivity contribution < 1.29 is 19.7 Å². The molecule has 4 heteroatoms. The van der Waals surface area contributed by atoms with E-state index in [0.717, 1.165) is 11.8 Å². The van der Waals surface area contributed by atoms with Crippen LogP contribution in [0.3, 0.4) is 0 Å². The number of benzene rings is 1. The number of aromatic hydroxyl groups is 2. The van der Waals surface area contributed by atoms with E-state index in [2.05, 4.69) is 0 Å². The molecule has 0 spiro atoms. The standard InChI is InChI=1S/C8H10O3.C2H4O/c1-5-3-6(9)7(10)4-8(5)11-2;1-2-3/h3-4,9-10H,1-2H3;2H,1H3. The zero-order valence-electron chi connectivity index (χ0n) is 8.44. The van der Waals surface area contributed by atoms with E-state index in [1.165, 1.54) is 26.2 Å². The smallest absolute Gasteiger partial charge is 0.161 e. The molecule has 0 heterocycles. The summed E-state index contributed by atoms with van der Waals surface area (Å²) in [4.78, 5) is 8.81. The SMILES string of the molecule is CC=O.COc1cc(O)c(O)cc1C. The number of ether oxygens (including phenoxy) is 1. The highest BCUT2D eigenvalue weighted by molar-refractivity contribution is 5.48. The Morgan fingerprint density at radius 1 is 1.29 bits per heavy atom. The van der Waals surface area contributed by atoms with Crippen molar-refractivity contribution in [2.75, 3.05) is 7.11 Å². The van der Waals surface area contributed by atoms with Gasteiger partial charge in [-0.15, -0.1) is 0 Å². The Balaban J connectivity index is 0.000000500. The molecule has 4 nitrogen and oxygen atoms in total. The summed E-state index contributed by atoms with van der Waals surface area (Å²) >= 11 is 0. The summed E-state index contributed by atoms with van der Waals surface area (Å²) in [6.07, 6.45) is 0.750. The maximum Gasteiger partial charge on any atom is 0.161 e. The number of phenols is 2. The number of phenolic OH excluding ortho intramolecular Hbond substituents is 2. The number of rotatable bonds is 1. The van der Waals surface area contributed by atoms with Crippen LogP contribution in [0.2, 0.25) is 0 Å². The highest BCUT2D eigenvalue weighted by Crippen LogP contribution is 2.31. The Labute approximate surface area is 82.8 Å². The third kappa shape index (κ3) is 3.35. The highest BCUT2D eigenvalue weighted by atomic mass is 16.5. The lowest BCUT2D eigenvalue weighted by Crippen LogP contribution is -1.85. The van der Waals surface area contributed by atoms with Gasteiger partial charge in [-0.2, -0.15) is 0 Å². The van der Waals surface area contributed by atoms with Crippen LogP contribution in [-0.2, 0) is 4.79 Å². The van der Waals surface area contributed by atoms with E-state index in [9.17, 15) is 0 Å². The van der Waals surface area contributed by atoms with Gasteiger partial charge in [0.05, 0.1) is 7.11 Å². The lowest BCUT2D eigenvalue weighted by molar-refractivity contribution is -0.106. The Kier molecular flexibility index (Phi) is 5.14. The highest BCUT2D eigenvalue weighted by Gasteiger charge is 2.04. The fourth-order valence-electron chi connectivity index (χ4n) is 0.882. The molecular weight excluding hydrogens is 184 g/mol. The van der Waals surface area contributed by atoms with Gasteiger partial charge in [-0.25, -0.2) is 0 Å². The zero-order valence-corrected chi connectivity index (χ0v) is 8.44. The first-order valence-corrected chi connectivity index (χ1v) is 4.03. The van der Waals surface area contributed by atoms with Crippen molar-refractivity contribution in [3.05, 3.63) is 17.7 Å². The van der Waals surface area contributed by atoms with Crippen molar-refractivity contribution in [1.29, 1.82) is 0 Å². The lowest BCUT2D eigenvalue weighted by atomic mass is 10.2. The van der Waals surface area contributed by atoms with Crippen LogP contribution in [0.1, 0.15) is 12.5 Å². The molecule has 2 N–H and O–H groups in total. The second-order valence-corrected chi connectivity index (χ2v) is 2.55. The molecule has 0 aliphatic heterocycles. The number of carbonyl (C=O) groups is 1. The number of carbonyl (C=O) groups excluding carboxylic acids is 1. The molecule has 14 heavy (non-hydrogen) atoms. The molecule has 0 aliphatic carbocycles. The molecular formula is C10H14O4. The molecule has 0 aromatic heterocycles. The van der Waals surface area contributed by atoms with Crippen LogP contribution >= 0.6 is 0 Å². The van der Waals surface area contributed by atoms with E-state index < -0.39 is 0 Å². The largest absolute Gasteiger partial charge is 0.504 e. The summed E-state index contributed by atoms with van der Waals surface area (Å²) in [7, 11) is 1.51. The third-order valence-electron chi connectivity index (χ3n) is 1.49. The fraction of sp³-hybridized carbons (Fsp3) is 0.300. The number of aryl methyl sites for hydroxylation is 1. The Hall–Kier alpha value is -1.71. The van der Waals surface area contributed by atoms with E-state index in [1.807, 2.05) is 0 Å². The van der Waals surface area contributed by atoms with E-state index >= 15 is 0 Å². The summed E-state index contributed by atoms with van der Waals surface area (Å²) < 4.78 is 4.91. The van der Waals surface area contributed by atoms with E-state index in [0.29, 0.717) is 5.75 Å². The minimum absolute atomic E-state index is 0.122. The van der Waals surface area contributed by atoms with Crippen molar-refractivity contribution in [3.8, 4) is 17.2 Å². The summed E-state index contributed by atoms with van der Waals surface area (Å²) in [5.74, 6) is 0.288. The van der Waals surface area contributed by atoms with Crippen molar-refractivity contribution in [1.82, 2.24) is 0 Å². The maximum absolute atomic E-state index is 9.03. The summed E-state index contributed by atoms with van der Waals surface area (Å²) in [6, 6.07) is 2.83. The number of hydrogen-bond donors (Lipinski definition) is 2. The Morgan fingerprint density at radius 2 is 1.71 bits per heavy atom. The minimum atomic E-state index is -0.160. The molecule has 0 unspecified atom stereocenters. The minimum Gasteiger partial charge on any atom is -0.504 e. The predicted octanol–water partition coefficient (Wildman–Crippen LogP) is 1.62. The maximum atomic E-state index is 9.03. The molecule has 0 aliphatic rings. The predicted molar refractivity (Wildman–Crippen MR) is 52.8 cm³/mol. The second-order valence-electron chi connectivity index (χ2n) is 2.55.